The molecular weight excluding hydrogens is 290 g/mol. The van der Waals surface area contributed by atoms with E-state index in [0.717, 1.165) is 23.1 Å². The highest BCUT2D eigenvalue weighted by Gasteiger charge is 2.25. The van der Waals surface area contributed by atoms with E-state index in [4.69, 9.17) is 9.15 Å². The third kappa shape index (κ3) is 2.85. The molecule has 21 heavy (non-hydrogen) atoms. The van der Waals surface area contributed by atoms with Crippen molar-refractivity contribution in [2.24, 2.45) is 0 Å². The molecule has 1 aliphatic heterocycles. The predicted octanol–water partition coefficient (Wildman–Crippen LogP) is 3.28. The minimum absolute atomic E-state index is 0.326. The Bertz CT molecular complexity index is 748. The van der Waals surface area contributed by atoms with Gasteiger partial charge in [0.2, 0.25) is 0 Å². The van der Waals surface area contributed by atoms with Crippen molar-refractivity contribution in [1.82, 2.24) is 5.32 Å². The summed E-state index contributed by atoms with van der Waals surface area (Å²) >= 11 is 0.861. The lowest BCUT2D eigenvalue weighted by Crippen LogP contribution is -2.17. The molecule has 2 aromatic rings. The summed E-state index contributed by atoms with van der Waals surface area (Å²) in [6.07, 6.45) is 1.55. The number of hydrogen-bond donors (Lipinski definition) is 1. The maximum atomic E-state index is 11.5. The number of carbonyl (C=O) groups excluding carboxylic acids is 2. The fraction of sp³-hybridized carbons (Fsp3) is 0.0667. The molecule has 1 aliphatic rings. The summed E-state index contributed by atoms with van der Waals surface area (Å²) in [6, 6.07) is 11.0. The summed E-state index contributed by atoms with van der Waals surface area (Å²) < 4.78 is 10.8. The van der Waals surface area contributed by atoms with Crippen LogP contribution in [0.2, 0.25) is 0 Å². The lowest BCUT2D eigenvalue weighted by Gasteiger charge is -2.01. The maximum absolute atomic E-state index is 11.5. The van der Waals surface area contributed by atoms with Gasteiger partial charge in [-0.2, -0.15) is 0 Å². The zero-order valence-corrected chi connectivity index (χ0v) is 11.9. The van der Waals surface area contributed by atoms with Crippen LogP contribution in [0.5, 0.6) is 5.75 Å². The van der Waals surface area contributed by atoms with Crippen molar-refractivity contribution in [3.63, 3.8) is 0 Å². The summed E-state index contributed by atoms with van der Waals surface area (Å²) in [5, 5.41) is 1.83. The van der Waals surface area contributed by atoms with Crippen LogP contribution in [0.4, 0.5) is 4.79 Å². The Morgan fingerprint density at radius 2 is 2.10 bits per heavy atom. The van der Waals surface area contributed by atoms with E-state index in [1.54, 1.807) is 25.3 Å². The van der Waals surface area contributed by atoms with Crippen LogP contribution < -0.4 is 10.1 Å². The monoisotopic (exact) mass is 301 g/mol. The number of imide groups is 1. The number of hydrogen-bond acceptors (Lipinski definition) is 5. The van der Waals surface area contributed by atoms with Gasteiger partial charge in [0.15, 0.2) is 0 Å². The van der Waals surface area contributed by atoms with E-state index in [2.05, 4.69) is 5.32 Å². The molecule has 1 saturated heterocycles. The molecule has 1 aromatic carbocycles. The Labute approximate surface area is 125 Å². The second kappa shape index (κ2) is 5.49. The van der Waals surface area contributed by atoms with Gasteiger partial charge in [-0.1, -0.05) is 12.1 Å². The van der Waals surface area contributed by atoms with Gasteiger partial charge in [0.1, 0.15) is 17.3 Å². The molecule has 0 unspecified atom stereocenters. The van der Waals surface area contributed by atoms with Crippen LogP contribution >= 0.6 is 11.8 Å². The van der Waals surface area contributed by atoms with Crippen LogP contribution in [0.1, 0.15) is 5.76 Å². The van der Waals surface area contributed by atoms with E-state index in [9.17, 15) is 9.59 Å². The summed E-state index contributed by atoms with van der Waals surface area (Å²) in [5.74, 6) is 1.51. The Morgan fingerprint density at radius 1 is 1.24 bits per heavy atom. The third-order valence-electron chi connectivity index (χ3n) is 2.90. The second-order valence-electron chi connectivity index (χ2n) is 4.29. The fourth-order valence-electron chi connectivity index (χ4n) is 1.91. The van der Waals surface area contributed by atoms with Crippen molar-refractivity contribution >= 4 is 29.0 Å². The van der Waals surface area contributed by atoms with Gasteiger partial charge in [-0.15, -0.1) is 0 Å². The highest BCUT2D eigenvalue weighted by molar-refractivity contribution is 8.18. The average molecular weight is 301 g/mol. The first-order chi connectivity index (χ1) is 10.2. The van der Waals surface area contributed by atoms with Crippen molar-refractivity contribution in [3.05, 3.63) is 47.1 Å². The van der Waals surface area contributed by atoms with Gasteiger partial charge < -0.3 is 9.15 Å². The van der Waals surface area contributed by atoms with Gasteiger partial charge in [0.05, 0.1) is 12.0 Å². The molecular formula is C15H11NO4S. The van der Waals surface area contributed by atoms with Crippen LogP contribution in [-0.4, -0.2) is 18.3 Å². The molecule has 0 saturated carbocycles. The van der Waals surface area contributed by atoms with E-state index >= 15 is 0 Å². The Balaban J connectivity index is 1.88. The zero-order valence-electron chi connectivity index (χ0n) is 11.1. The smallest absolute Gasteiger partial charge is 0.290 e. The van der Waals surface area contributed by atoms with E-state index in [1.807, 2.05) is 24.3 Å². The van der Waals surface area contributed by atoms with Gasteiger partial charge in [-0.05, 0) is 36.0 Å². The quantitative estimate of drug-likeness (QED) is 0.881. The Hall–Kier alpha value is -2.47. The van der Waals surface area contributed by atoms with Crippen LogP contribution in [-0.2, 0) is 4.79 Å². The summed E-state index contributed by atoms with van der Waals surface area (Å²) in [4.78, 5) is 22.9. The number of ether oxygens (including phenoxy) is 1. The molecule has 0 bridgehead atoms. The molecule has 2 amide bonds. The molecule has 1 fully saturated rings. The van der Waals surface area contributed by atoms with E-state index in [1.165, 1.54) is 0 Å². The number of amides is 2. The first kappa shape index (κ1) is 13.5. The molecule has 2 heterocycles. The van der Waals surface area contributed by atoms with Gasteiger partial charge in [0, 0.05) is 11.6 Å². The standard InChI is InChI=1S/C15H11NO4S/c1-19-10-4-2-3-9(7-10)12-6-5-11(20-12)8-13-14(17)16-15(18)21-13/h2-8H,1H3,(H,16,17,18)/b13-8-. The summed E-state index contributed by atoms with van der Waals surface area (Å²) in [5.41, 5.74) is 0.874. The molecule has 5 nitrogen and oxygen atoms in total. The van der Waals surface area contributed by atoms with Gasteiger partial charge in [0.25, 0.3) is 11.1 Å². The molecule has 1 aromatic heterocycles. The molecule has 0 spiro atoms. The SMILES string of the molecule is COc1cccc(-c2ccc(/C=C3\SC(=O)NC3=O)o2)c1. The van der Waals surface area contributed by atoms with Crippen molar-refractivity contribution in [3.8, 4) is 17.1 Å². The molecule has 6 heteroatoms. The van der Waals surface area contributed by atoms with E-state index in [0.29, 0.717) is 16.4 Å². The number of rotatable bonds is 3. The second-order valence-corrected chi connectivity index (χ2v) is 5.30. The highest BCUT2D eigenvalue weighted by atomic mass is 32.2. The van der Waals surface area contributed by atoms with Gasteiger partial charge in [-0.3, -0.25) is 14.9 Å². The number of nitrogens with one attached hydrogen (secondary N) is 1. The molecule has 0 atom stereocenters. The molecule has 3 rings (SSSR count). The number of benzene rings is 1. The Morgan fingerprint density at radius 3 is 2.81 bits per heavy atom. The van der Waals surface area contributed by atoms with Gasteiger partial charge in [-0.25, -0.2) is 0 Å². The van der Waals surface area contributed by atoms with Crippen molar-refractivity contribution in [2.45, 2.75) is 0 Å². The minimum Gasteiger partial charge on any atom is -0.497 e. The lowest BCUT2D eigenvalue weighted by molar-refractivity contribution is -0.115. The fourth-order valence-corrected chi connectivity index (χ4v) is 2.57. The molecule has 0 aliphatic carbocycles. The highest BCUT2D eigenvalue weighted by Crippen LogP contribution is 2.29. The topological polar surface area (TPSA) is 68.5 Å². The van der Waals surface area contributed by atoms with Crippen LogP contribution in [0.15, 0.2) is 45.7 Å². The van der Waals surface area contributed by atoms with Crippen molar-refractivity contribution < 1.29 is 18.7 Å². The number of carbonyl (C=O) groups is 2. The third-order valence-corrected chi connectivity index (χ3v) is 3.71. The molecule has 1 N–H and O–H groups in total. The first-order valence-corrected chi connectivity index (χ1v) is 6.96. The van der Waals surface area contributed by atoms with Crippen LogP contribution in [0.3, 0.4) is 0 Å². The summed E-state index contributed by atoms with van der Waals surface area (Å²) in [7, 11) is 1.60. The normalized spacial score (nSPS) is 16.3. The average Bonchev–Trinajstić information content (AvgIpc) is 3.06. The van der Waals surface area contributed by atoms with Crippen LogP contribution in [0, 0.1) is 0 Å². The van der Waals surface area contributed by atoms with E-state index in [-0.39, 0.29) is 5.24 Å². The maximum Gasteiger partial charge on any atom is 0.290 e. The number of furan rings is 1. The number of thioether (sulfide) groups is 1. The van der Waals surface area contributed by atoms with Crippen LogP contribution in [0.25, 0.3) is 17.4 Å². The molecule has 106 valence electrons. The number of methoxy groups -OCH3 is 1. The largest absolute Gasteiger partial charge is 0.497 e. The summed E-state index contributed by atoms with van der Waals surface area (Å²) in [6.45, 7) is 0. The Kier molecular flexibility index (Phi) is 3.53. The zero-order chi connectivity index (χ0) is 14.8. The van der Waals surface area contributed by atoms with E-state index < -0.39 is 5.91 Å². The van der Waals surface area contributed by atoms with Gasteiger partial charge >= 0.3 is 0 Å². The predicted molar refractivity (Wildman–Crippen MR) is 79.8 cm³/mol. The van der Waals surface area contributed by atoms with Crippen molar-refractivity contribution in [2.75, 3.05) is 7.11 Å². The minimum atomic E-state index is -0.399. The first-order valence-electron chi connectivity index (χ1n) is 6.15. The molecule has 0 radical (unpaired) electrons. The lowest BCUT2D eigenvalue weighted by atomic mass is 10.2. The van der Waals surface area contributed by atoms with Crippen molar-refractivity contribution in [1.29, 1.82) is 0 Å².